The predicted molar refractivity (Wildman–Crippen MR) is 240 cm³/mol. The molecule has 2 aliphatic rings. The number of esters is 1. The topological polar surface area (TPSA) is 215 Å². The van der Waals surface area contributed by atoms with Gasteiger partial charge in [0, 0.05) is 55.6 Å². The number of Topliss-reactive ketones (excluding diaryl/α,β-unsaturated/α-hetero) is 3. The van der Waals surface area contributed by atoms with Gasteiger partial charge in [-0.05, 0) is 45.0 Å². The summed E-state index contributed by atoms with van der Waals surface area (Å²) in [5.74, 6) is -1.31. The average Bonchev–Trinajstić information content (AvgIpc) is 4.01. The van der Waals surface area contributed by atoms with Gasteiger partial charge in [-0.15, -0.1) is 12.4 Å². The Balaban J connectivity index is 0.000000194. The fourth-order valence-electron chi connectivity index (χ4n) is 7.43. The summed E-state index contributed by atoms with van der Waals surface area (Å²) in [6.07, 6.45) is 7.85. The average molecular weight is 896 g/mol. The number of aryl methyl sites for hydroxylation is 1. The van der Waals surface area contributed by atoms with E-state index in [1.165, 1.54) is 44.8 Å². The molecule has 8 rings (SSSR count). The summed E-state index contributed by atoms with van der Waals surface area (Å²) in [6, 6.07) is 18.6. The number of benzene rings is 2. The predicted octanol–water partition coefficient (Wildman–Crippen LogP) is 5.27. The van der Waals surface area contributed by atoms with Gasteiger partial charge in [0.2, 0.25) is 5.88 Å². The first-order valence-electron chi connectivity index (χ1n) is 20.2. The summed E-state index contributed by atoms with van der Waals surface area (Å²) in [5, 5.41) is 4.26. The van der Waals surface area contributed by atoms with Crippen molar-refractivity contribution in [2.24, 2.45) is 5.92 Å². The first kappa shape index (κ1) is 47.9. The van der Waals surface area contributed by atoms with Crippen molar-refractivity contribution < 1.29 is 47.7 Å². The fraction of sp³-hybridized carbons (Fsp3) is 0.304. The summed E-state index contributed by atoms with van der Waals surface area (Å²) in [5.41, 5.74) is 3.75. The second-order valence-corrected chi connectivity index (χ2v) is 14.5. The van der Waals surface area contributed by atoms with Crippen LogP contribution in [0.4, 0.5) is 0 Å². The fourth-order valence-corrected chi connectivity index (χ4v) is 7.43. The maximum absolute atomic E-state index is 13.0. The molecule has 2 aromatic carbocycles. The summed E-state index contributed by atoms with van der Waals surface area (Å²) >= 11 is 0. The highest BCUT2D eigenvalue weighted by Crippen LogP contribution is 2.34. The van der Waals surface area contributed by atoms with E-state index >= 15 is 0 Å². The number of carbonyl (C=O) groups excluding carboxylic acids is 6. The van der Waals surface area contributed by atoms with E-state index in [1.54, 1.807) is 23.2 Å². The number of rotatable bonds is 10. The van der Waals surface area contributed by atoms with Crippen LogP contribution in [-0.4, -0.2) is 133 Å². The zero-order chi connectivity index (χ0) is 45.0. The Morgan fingerprint density at radius 1 is 0.641 bits per heavy atom. The Hall–Kier alpha value is -7.11. The van der Waals surface area contributed by atoms with Gasteiger partial charge in [0.1, 0.15) is 17.0 Å². The molecule has 6 aromatic rings. The standard InChI is InChI=1S/C22H22N4O4.C12H12N2O5.C12H15NO.ClH/c1-14-19-18(17(30-2)13-23-14)16(12-24-19)20(27)22(29)26-10-8-25(9-11-26)21(28)15-6-4-3-5-7-15;1-17-7-5-14-11(18-2)9-8(7)6(4-13-9)10(15)12(16)19-3;14-12(10-4-2-1-3-5-10)11-6-8-13-9-7-11;/h3-7,12-13,24H,8-11H2,1-2H3;4-5,13H,1-3H3;1-5,11,13H,6-9H2;1H. The van der Waals surface area contributed by atoms with Crippen LogP contribution in [0.3, 0.4) is 0 Å². The number of piperazine rings is 1. The van der Waals surface area contributed by atoms with Gasteiger partial charge in [0.25, 0.3) is 23.4 Å². The van der Waals surface area contributed by atoms with E-state index in [2.05, 4.69) is 30.0 Å². The van der Waals surface area contributed by atoms with Gasteiger partial charge in [-0.3, -0.25) is 29.0 Å². The Kier molecular flexibility index (Phi) is 16.7. The van der Waals surface area contributed by atoms with Crippen molar-refractivity contribution >= 4 is 69.3 Å². The minimum Gasteiger partial charge on any atom is -0.494 e. The van der Waals surface area contributed by atoms with E-state index < -0.39 is 23.4 Å². The zero-order valence-electron chi connectivity index (χ0n) is 36.1. The number of ketones is 3. The number of aromatic amines is 2. The molecular formula is C46H50ClN7O10. The molecule has 2 saturated heterocycles. The van der Waals surface area contributed by atoms with Crippen LogP contribution in [0.25, 0.3) is 21.8 Å². The van der Waals surface area contributed by atoms with Gasteiger partial charge in [-0.25, -0.2) is 9.78 Å². The molecular weight excluding hydrogens is 846 g/mol. The number of amides is 2. The number of nitrogens with one attached hydrogen (secondary N) is 3. The van der Waals surface area contributed by atoms with Crippen molar-refractivity contribution in [3.05, 3.63) is 113 Å². The molecule has 0 saturated carbocycles. The van der Waals surface area contributed by atoms with Crippen molar-refractivity contribution in [1.29, 1.82) is 0 Å². The number of hydrogen-bond acceptors (Lipinski definition) is 13. The Morgan fingerprint density at radius 3 is 1.72 bits per heavy atom. The number of H-pyrrole nitrogens is 2. The monoisotopic (exact) mass is 895 g/mol. The number of hydrogen-bond donors (Lipinski definition) is 3. The van der Waals surface area contributed by atoms with E-state index in [0.29, 0.717) is 82.4 Å². The third-order valence-electron chi connectivity index (χ3n) is 10.8. The van der Waals surface area contributed by atoms with E-state index in [9.17, 15) is 28.8 Å². The second kappa shape index (κ2) is 22.3. The number of ether oxygens (including phenoxy) is 4. The molecule has 336 valence electrons. The SMILES string of the molecule is COC(=O)C(=O)c1c[nH]c2c(OC)ncc(OC)c12.COc1cnc(C)c2[nH]cc(C(=O)C(=O)N3CCN(C(=O)c4ccccc4)CC3)c12.Cl.O=C(c1ccccc1)C1CCNCC1. The lowest BCUT2D eigenvalue weighted by molar-refractivity contribution is -0.135. The van der Waals surface area contributed by atoms with Gasteiger partial charge in [-0.1, -0.05) is 48.5 Å². The molecule has 3 N–H and O–H groups in total. The molecule has 0 radical (unpaired) electrons. The largest absolute Gasteiger partial charge is 0.494 e. The minimum atomic E-state index is -0.946. The van der Waals surface area contributed by atoms with Crippen molar-refractivity contribution in [3.8, 4) is 17.4 Å². The number of fused-ring (bicyclic) bond motifs is 2. The molecule has 0 unspecified atom stereocenters. The van der Waals surface area contributed by atoms with Crippen LogP contribution >= 0.6 is 12.4 Å². The number of nitrogens with zero attached hydrogens (tertiary/aromatic N) is 4. The first-order valence-corrected chi connectivity index (χ1v) is 20.2. The number of aromatic nitrogens is 4. The third-order valence-corrected chi connectivity index (χ3v) is 10.8. The molecule has 2 amide bonds. The molecule has 2 fully saturated rings. The maximum Gasteiger partial charge on any atom is 0.379 e. The number of halogens is 1. The smallest absolute Gasteiger partial charge is 0.379 e. The van der Waals surface area contributed by atoms with Crippen LogP contribution in [0.1, 0.15) is 60.0 Å². The molecule has 6 heterocycles. The highest BCUT2D eigenvalue weighted by atomic mass is 35.5. The summed E-state index contributed by atoms with van der Waals surface area (Å²) in [6.45, 7) is 5.15. The molecule has 0 spiro atoms. The maximum atomic E-state index is 13.0. The highest BCUT2D eigenvalue weighted by Gasteiger charge is 2.31. The lowest BCUT2D eigenvalue weighted by Gasteiger charge is -2.34. The molecule has 0 bridgehead atoms. The lowest BCUT2D eigenvalue weighted by atomic mass is 9.90. The van der Waals surface area contributed by atoms with E-state index in [-0.39, 0.29) is 35.4 Å². The summed E-state index contributed by atoms with van der Waals surface area (Å²) in [4.78, 5) is 91.0. The minimum absolute atomic E-state index is 0. The van der Waals surface area contributed by atoms with Crippen molar-refractivity contribution in [2.45, 2.75) is 19.8 Å². The van der Waals surface area contributed by atoms with Gasteiger partial charge in [-0.2, -0.15) is 0 Å². The highest BCUT2D eigenvalue weighted by molar-refractivity contribution is 6.45. The van der Waals surface area contributed by atoms with Crippen LogP contribution in [0.2, 0.25) is 0 Å². The summed E-state index contributed by atoms with van der Waals surface area (Å²) in [7, 11) is 5.55. The number of methoxy groups -OCH3 is 4. The van der Waals surface area contributed by atoms with Crippen LogP contribution in [0, 0.1) is 12.8 Å². The second-order valence-electron chi connectivity index (χ2n) is 14.5. The Labute approximate surface area is 375 Å². The Bertz CT molecular complexity index is 2600. The van der Waals surface area contributed by atoms with Crippen LogP contribution in [0.5, 0.6) is 17.4 Å². The number of piperidine rings is 1. The molecule has 64 heavy (non-hydrogen) atoms. The van der Waals surface area contributed by atoms with Crippen LogP contribution in [-0.2, 0) is 14.3 Å². The molecule has 2 aliphatic heterocycles. The summed E-state index contributed by atoms with van der Waals surface area (Å²) < 4.78 is 20.0. The van der Waals surface area contributed by atoms with E-state index in [0.717, 1.165) is 38.6 Å². The molecule has 17 nitrogen and oxygen atoms in total. The van der Waals surface area contributed by atoms with E-state index in [1.807, 2.05) is 55.5 Å². The van der Waals surface area contributed by atoms with Gasteiger partial charge in [0.15, 0.2) is 5.78 Å². The van der Waals surface area contributed by atoms with Gasteiger partial charge in [0.05, 0.1) is 73.9 Å². The lowest BCUT2D eigenvalue weighted by Crippen LogP contribution is -2.52. The van der Waals surface area contributed by atoms with Crippen LogP contribution < -0.4 is 19.5 Å². The number of pyridine rings is 2. The molecule has 0 atom stereocenters. The Morgan fingerprint density at radius 2 is 1.16 bits per heavy atom. The van der Waals surface area contributed by atoms with Crippen molar-refractivity contribution in [3.63, 3.8) is 0 Å². The normalized spacial score (nSPS) is 13.6. The zero-order valence-corrected chi connectivity index (χ0v) is 36.9. The molecule has 18 heteroatoms. The van der Waals surface area contributed by atoms with Gasteiger partial charge >= 0.3 is 5.97 Å². The van der Waals surface area contributed by atoms with Crippen molar-refractivity contribution in [1.82, 2.24) is 35.1 Å². The third kappa shape index (κ3) is 10.6. The van der Waals surface area contributed by atoms with Crippen LogP contribution in [0.15, 0.2) is 85.5 Å². The number of carbonyl (C=O) groups is 6. The first-order chi connectivity index (χ1) is 30.5. The van der Waals surface area contributed by atoms with E-state index in [4.69, 9.17) is 14.2 Å². The molecule has 4 aromatic heterocycles. The van der Waals surface area contributed by atoms with Gasteiger partial charge < -0.3 is 44.0 Å². The molecule has 0 aliphatic carbocycles. The van der Waals surface area contributed by atoms with Crippen molar-refractivity contribution in [2.75, 3.05) is 67.7 Å². The quantitative estimate of drug-likeness (QED) is 0.0909.